The second-order valence-electron chi connectivity index (χ2n) is 8.49. The zero-order valence-corrected chi connectivity index (χ0v) is 19.0. The van der Waals surface area contributed by atoms with Crippen molar-refractivity contribution in [3.63, 3.8) is 0 Å². The summed E-state index contributed by atoms with van der Waals surface area (Å²) in [5, 5.41) is 2.51. The van der Waals surface area contributed by atoms with Crippen LogP contribution >= 0.6 is 15.9 Å². The third-order valence-corrected chi connectivity index (χ3v) is 10.4. The van der Waals surface area contributed by atoms with E-state index in [0.29, 0.717) is 11.0 Å². The molecular formula is C21H25BrO3Si. The maximum Gasteiger partial charge on any atom is 0.344 e. The minimum Gasteiger partial charge on any atom is -0.543 e. The van der Waals surface area contributed by atoms with E-state index in [-0.39, 0.29) is 10.7 Å². The van der Waals surface area contributed by atoms with Crippen molar-refractivity contribution in [1.29, 1.82) is 0 Å². The monoisotopic (exact) mass is 432 g/mol. The van der Waals surface area contributed by atoms with Gasteiger partial charge in [-0.2, -0.15) is 0 Å². The summed E-state index contributed by atoms with van der Waals surface area (Å²) in [4.78, 5) is 12.6. The van der Waals surface area contributed by atoms with Crippen molar-refractivity contribution in [3.05, 3.63) is 50.3 Å². The summed E-state index contributed by atoms with van der Waals surface area (Å²) in [5.41, 5.74) is 2.18. The van der Waals surface area contributed by atoms with Gasteiger partial charge in [-0.05, 0) is 61.8 Å². The predicted octanol–water partition coefficient (Wildman–Crippen LogP) is 6.71. The van der Waals surface area contributed by atoms with Crippen LogP contribution in [0.15, 0.2) is 37.9 Å². The zero-order valence-electron chi connectivity index (χ0n) is 16.4. The fourth-order valence-electron chi connectivity index (χ4n) is 2.87. The molecule has 1 aromatic heterocycles. The van der Waals surface area contributed by atoms with Gasteiger partial charge >= 0.3 is 5.63 Å². The molecule has 0 radical (unpaired) electrons. The Morgan fingerprint density at radius 1 is 1.08 bits per heavy atom. The molecule has 0 aliphatic carbocycles. The summed E-state index contributed by atoms with van der Waals surface area (Å²) in [6.07, 6.45) is 0. The second-order valence-corrected chi connectivity index (χ2v) is 14.1. The third-order valence-electron chi connectivity index (χ3n) is 5.45. The number of halogens is 1. The molecule has 0 aliphatic rings. The molecule has 3 nitrogen and oxygen atoms in total. The van der Waals surface area contributed by atoms with Crippen molar-refractivity contribution in [1.82, 2.24) is 0 Å². The standard InChI is InChI=1S/C21H25BrO3Si/c1-12-10-15-18(16(22)11-12)14-8-9-17(13(2)19(14)24-20(15)23)25-26(6,7)21(3,4)5/h8-11H,1-7H3. The van der Waals surface area contributed by atoms with E-state index in [1.54, 1.807) is 0 Å². The lowest BCUT2D eigenvalue weighted by Gasteiger charge is -2.37. The highest BCUT2D eigenvalue weighted by molar-refractivity contribution is 9.10. The topological polar surface area (TPSA) is 39.4 Å². The molecule has 2 aromatic carbocycles. The normalized spacial score (nSPS) is 12.8. The molecule has 0 N–H and O–H groups in total. The van der Waals surface area contributed by atoms with Crippen LogP contribution in [-0.2, 0) is 0 Å². The number of fused-ring (bicyclic) bond motifs is 3. The van der Waals surface area contributed by atoms with Gasteiger partial charge in [0.2, 0.25) is 8.32 Å². The number of rotatable bonds is 2. The van der Waals surface area contributed by atoms with E-state index < -0.39 is 8.32 Å². The average Bonchev–Trinajstić information content (AvgIpc) is 2.49. The first-order valence-electron chi connectivity index (χ1n) is 8.77. The molecule has 0 fully saturated rings. The molecule has 0 bridgehead atoms. The van der Waals surface area contributed by atoms with Crippen LogP contribution in [0.25, 0.3) is 21.7 Å². The van der Waals surface area contributed by atoms with E-state index in [9.17, 15) is 4.79 Å². The maximum atomic E-state index is 12.6. The Balaban J connectivity index is 2.29. The van der Waals surface area contributed by atoms with E-state index >= 15 is 0 Å². The van der Waals surface area contributed by atoms with Gasteiger partial charge in [0.15, 0.2) is 0 Å². The maximum absolute atomic E-state index is 12.6. The van der Waals surface area contributed by atoms with Gasteiger partial charge in [0.05, 0.1) is 5.39 Å². The number of hydrogen-bond donors (Lipinski definition) is 0. The fourth-order valence-corrected chi connectivity index (χ4v) is 4.73. The minimum atomic E-state index is -1.98. The van der Waals surface area contributed by atoms with Crippen LogP contribution in [0.4, 0.5) is 0 Å². The van der Waals surface area contributed by atoms with Gasteiger partial charge in [-0.1, -0.05) is 36.7 Å². The molecule has 0 saturated carbocycles. The van der Waals surface area contributed by atoms with Gasteiger partial charge < -0.3 is 8.84 Å². The van der Waals surface area contributed by atoms with Crippen molar-refractivity contribution in [3.8, 4) is 5.75 Å². The van der Waals surface area contributed by atoms with Crippen LogP contribution in [-0.4, -0.2) is 8.32 Å². The predicted molar refractivity (Wildman–Crippen MR) is 115 cm³/mol. The van der Waals surface area contributed by atoms with Gasteiger partial charge in [0.1, 0.15) is 11.3 Å². The van der Waals surface area contributed by atoms with Gasteiger partial charge in [-0.25, -0.2) is 4.79 Å². The summed E-state index contributed by atoms with van der Waals surface area (Å²) >= 11 is 3.62. The van der Waals surface area contributed by atoms with Crippen molar-refractivity contribution >= 4 is 46.0 Å². The molecule has 3 rings (SSSR count). The third kappa shape index (κ3) is 3.12. The fraction of sp³-hybridized carbons (Fsp3) is 0.381. The van der Waals surface area contributed by atoms with E-state index in [1.807, 2.05) is 38.1 Å². The smallest absolute Gasteiger partial charge is 0.344 e. The lowest BCUT2D eigenvalue weighted by atomic mass is 10.0. The Hall–Kier alpha value is -1.59. The quantitative estimate of drug-likeness (QED) is 0.256. The molecule has 0 atom stereocenters. The lowest BCUT2D eigenvalue weighted by Crippen LogP contribution is -2.44. The molecule has 3 aromatic rings. The van der Waals surface area contributed by atoms with Crippen LogP contribution in [0.1, 0.15) is 31.9 Å². The highest BCUT2D eigenvalue weighted by Crippen LogP contribution is 2.40. The molecule has 0 aliphatic heterocycles. The summed E-state index contributed by atoms with van der Waals surface area (Å²) in [6, 6.07) is 7.90. The average molecular weight is 433 g/mol. The Bertz CT molecular complexity index is 1070. The van der Waals surface area contributed by atoms with Gasteiger partial charge in [-0.3, -0.25) is 0 Å². The van der Waals surface area contributed by atoms with Crippen LogP contribution in [0.3, 0.4) is 0 Å². The summed E-state index contributed by atoms with van der Waals surface area (Å²) in [6.45, 7) is 15.0. The van der Waals surface area contributed by atoms with Crippen molar-refractivity contribution in [2.75, 3.05) is 0 Å². The van der Waals surface area contributed by atoms with E-state index in [1.165, 1.54) is 0 Å². The first-order chi connectivity index (χ1) is 11.9. The van der Waals surface area contributed by atoms with Crippen LogP contribution in [0.5, 0.6) is 5.75 Å². The largest absolute Gasteiger partial charge is 0.543 e. The van der Waals surface area contributed by atoms with Gasteiger partial charge in [0, 0.05) is 20.8 Å². The van der Waals surface area contributed by atoms with E-state index in [0.717, 1.165) is 32.1 Å². The molecule has 0 saturated heterocycles. The molecule has 1 heterocycles. The molecule has 0 spiro atoms. The van der Waals surface area contributed by atoms with Gasteiger partial charge in [0.25, 0.3) is 0 Å². The second kappa shape index (κ2) is 6.24. The van der Waals surface area contributed by atoms with Crippen molar-refractivity contribution in [2.45, 2.75) is 52.8 Å². The Morgan fingerprint density at radius 3 is 2.35 bits per heavy atom. The van der Waals surface area contributed by atoms with Crippen molar-refractivity contribution < 1.29 is 8.84 Å². The highest BCUT2D eigenvalue weighted by Gasteiger charge is 2.39. The summed E-state index contributed by atoms with van der Waals surface area (Å²) in [5.74, 6) is 0.801. The van der Waals surface area contributed by atoms with E-state index in [2.05, 4.69) is 49.8 Å². The van der Waals surface area contributed by atoms with Crippen LogP contribution in [0, 0.1) is 13.8 Å². The minimum absolute atomic E-state index is 0.0964. The number of aryl methyl sites for hydroxylation is 2. The first-order valence-corrected chi connectivity index (χ1v) is 12.5. The number of hydrogen-bond acceptors (Lipinski definition) is 3. The summed E-state index contributed by atoms with van der Waals surface area (Å²) < 4.78 is 13.1. The SMILES string of the molecule is Cc1cc(Br)c2c(c1)c(=O)oc1c(C)c(O[Si](C)(C)C(C)(C)C)ccc12. The lowest BCUT2D eigenvalue weighted by molar-refractivity contribution is 0.487. The molecule has 138 valence electrons. The molecule has 5 heteroatoms. The summed E-state index contributed by atoms with van der Waals surface area (Å²) in [7, 11) is -1.98. The van der Waals surface area contributed by atoms with Crippen LogP contribution < -0.4 is 10.1 Å². The number of benzene rings is 2. The van der Waals surface area contributed by atoms with E-state index in [4.69, 9.17) is 8.84 Å². The Morgan fingerprint density at radius 2 is 1.73 bits per heavy atom. The molecule has 26 heavy (non-hydrogen) atoms. The zero-order chi connectivity index (χ0) is 19.4. The highest BCUT2D eigenvalue weighted by atomic mass is 79.9. The van der Waals surface area contributed by atoms with Gasteiger partial charge in [-0.15, -0.1) is 0 Å². The van der Waals surface area contributed by atoms with Crippen molar-refractivity contribution in [2.24, 2.45) is 0 Å². The molecule has 0 amide bonds. The first kappa shape index (κ1) is 19.2. The Labute approximate surface area is 163 Å². The molecule has 0 unspecified atom stereocenters. The Kier molecular flexibility index (Phi) is 4.60. The van der Waals surface area contributed by atoms with Crippen LogP contribution in [0.2, 0.25) is 18.1 Å². The molecular weight excluding hydrogens is 408 g/mol.